The third kappa shape index (κ3) is 4.16. The van der Waals surface area contributed by atoms with Gasteiger partial charge in [0.25, 0.3) is 0 Å². The first kappa shape index (κ1) is 15.3. The van der Waals surface area contributed by atoms with Gasteiger partial charge in [-0.2, -0.15) is 10.4 Å². The van der Waals surface area contributed by atoms with E-state index in [0.717, 1.165) is 0 Å². The fraction of sp³-hybridized carbons (Fsp3) is 0. The van der Waals surface area contributed by atoms with Gasteiger partial charge in [-0.3, -0.25) is 10.8 Å². The Morgan fingerprint density at radius 3 is 2.63 bits per heavy atom. The molecule has 0 aliphatic heterocycles. The topological polar surface area (TPSA) is 158 Å². The van der Waals surface area contributed by atoms with Gasteiger partial charge < -0.3 is 5.73 Å². The summed E-state index contributed by atoms with van der Waals surface area (Å²) in [5, 5.41) is 24.4. The predicted octanol–water partition coefficient (Wildman–Crippen LogP) is 0.166. The molecular weight excluding hydrogens is 383 g/mol. The van der Waals surface area contributed by atoms with Crippen molar-refractivity contribution in [3.8, 4) is 6.07 Å². The first-order chi connectivity index (χ1) is 8.75. The fourth-order valence-electron chi connectivity index (χ4n) is 1.09. The SMILES string of the molecule is N#C/C(=N\Nc1ccc(I)cc1S(N)(=O)=O)C(=N)N. The molecule has 0 radical (unpaired) electrons. The summed E-state index contributed by atoms with van der Waals surface area (Å²) in [6.07, 6.45) is 0. The zero-order chi connectivity index (χ0) is 14.6. The second kappa shape index (κ2) is 5.95. The fourth-order valence-corrected chi connectivity index (χ4v) is 2.50. The Balaban J connectivity index is 3.24. The van der Waals surface area contributed by atoms with Gasteiger partial charge in [0, 0.05) is 3.57 Å². The summed E-state index contributed by atoms with van der Waals surface area (Å²) in [6.45, 7) is 0. The Morgan fingerprint density at radius 1 is 1.53 bits per heavy atom. The molecular formula is C9H9IN6O2S. The minimum atomic E-state index is -3.94. The van der Waals surface area contributed by atoms with Crippen LogP contribution in [0, 0.1) is 20.3 Å². The molecule has 0 saturated carbocycles. The lowest BCUT2D eigenvalue weighted by Crippen LogP contribution is -2.22. The van der Waals surface area contributed by atoms with Crippen molar-refractivity contribution in [2.24, 2.45) is 16.0 Å². The molecule has 0 heterocycles. The Hall–Kier alpha value is -1.71. The van der Waals surface area contributed by atoms with Crippen LogP contribution in [0.5, 0.6) is 0 Å². The van der Waals surface area contributed by atoms with Crippen LogP contribution >= 0.6 is 22.6 Å². The van der Waals surface area contributed by atoms with Gasteiger partial charge in [0.2, 0.25) is 15.7 Å². The number of nitrogens with one attached hydrogen (secondary N) is 2. The van der Waals surface area contributed by atoms with E-state index < -0.39 is 15.9 Å². The van der Waals surface area contributed by atoms with Crippen molar-refractivity contribution in [2.45, 2.75) is 4.90 Å². The molecule has 0 aliphatic carbocycles. The van der Waals surface area contributed by atoms with Crippen LogP contribution in [0.3, 0.4) is 0 Å². The number of anilines is 1. The third-order valence-electron chi connectivity index (χ3n) is 1.90. The average Bonchev–Trinajstić information content (AvgIpc) is 2.29. The zero-order valence-corrected chi connectivity index (χ0v) is 12.4. The number of primary sulfonamides is 1. The highest BCUT2D eigenvalue weighted by molar-refractivity contribution is 14.1. The maximum absolute atomic E-state index is 11.4. The summed E-state index contributed by atoms with van der Waals surface area (Å²) >= 11 is 1.93. The summed E-state index contributed by atoms with van der Waals surface area (Å²) in [5.74, 6) is -0.530. The molecule has 0 spiro atoms. The van der Waals surface area contributed by atoms with Gasteiger partial charge in [-0.25, -0.2) is 13.6 Å². The third-order valence-corrected chi connectivity index (χ3v) is 3.52. The number of hydrogen-bond acceptors (Lipinski definition) is 6. The lowest BCUT2D eigenvalue weighted by Gasteiger charge is -2.07. The van der Waals surface area contributed by atoms with E-state index >= 15 is 0 Å². The van der Waals surface area contributed by atoms with Gasteiger partial charge >= 0.3 is 0 Å². The monoisotopic (exact) mass is 392 g/mol. The first-order valence-electron chi connectivity index (χ1n) is 4.66. The number of nitrogens with two attached hydrogens (primary N) is 2. The highest BCUT2D eigenvalue weighted by Crippen LogP contribution is 2.22. The van der Waals surface area contributed by atoms with E-state index in [4.69, 9.17) is 21.5 Å². The Bertz CT molecular complexity index is 691. The minimum absolute atomic E-state index is 0.0944. The second-order valence-electron chi connectivity index (χ2n) is 3.28. The van der Waals surface area contributed by atoms with Crippen LogP contribution in [-0.2, 0) is 10.0 Å². The Morgan fingerprint density at radius 2 is 2.16 bits per heavy atom. The smallest absolute Gasteiger partial charge is 0.240 e. The van der Waals surface area contributed by atoms with Crippen molar-refractivity contribution in [3.63, 3.8) is 0 Å². The molecule has 19 heavy (non-hydrogen) atoms. The number of halogens is 1. The Labute approximate surface area is 123 Å². The van der Waals surface area contributed by atoms with Crippen LogP contribution in [0.2, 0.25) is 0 Å². The summed E-state index contributed by atoms with van der Waals surface area (Å²) in [5.41, 5.74) is 7.20. The molecule has 100 valence electrons. The Kier molecular flexibility index (Phi) is 4.81. The second-order valence-corrected chi connectivity index (χ2v) is 6.06. The van der Waals surface area contributed by atoms with E-state index in [1.807, 2.05) is 22.6 Å². The molecule has 0 unspecified atom stereocenters. The van der Waals surface area contributed by atoms with Crippen LogP contribution in [0.1, 0.15) is 0 Å². The molecule has 10 heteroatoms. The molecule has 6 N–H and O–H groups in total. The van der Waals surface area contributed by atoms with E-state index in [0.29, 0.717) is 3.57 Å². The van der Waals surface area contributed by atoms with Gasteiger partial charge in [0.15, 0.2) is 5.84 Å². The molecule has 0 amide bonds. The van der Waals surface area contributed by atoms with E-state index in [2.05, 4.69) is 10.5 Å². The van der Waals surface area contributed by atoms with Crippen molar-refractivity contribution in [3.05, 3.63) is 21.8 Å². The molecule has 1 aromatic rings. The quantitative estimate of drug-likeness (QED) is 0.248. The van der Waals surface area contributed by atoms with Gasteiger partial charge in [-0.1, -0.05) is 0 Å². The van der Waals surface area contributed by atoms with Gasteiger partial charge in [0.05, 0.1) is 5.69 Å². The van der Waals surface area contributed by atoms with Crippen molar-refractivity contribution in [2.75, 3.05) is 5.43 Å². The molecule has 0 fully saturated rings. The summed E-state index contributed by atoms with van der Waals surface area (Å²) in [7, 11) is -3.94. The summed E-state index contributed by atoms with van der Waals surface area (Å²) in [4.78, 5) is -0.163. The van der Waals surface area contributed by atoms with E-state index in [1.54, 1.807) is 12.1 Å². The van der Waals surface area contributed by atoms with Crippen LogP contribution in [0.4, 0.5) is 5.69 Å². The van der Waals surface area contributed by atoms with Crippen molar-refractivity contribution < 1.29 is 8.42 Å². The molecule has 0 aliphatic rings. The molecule has 0 atom stereocenters. The van der Waals surface area contributed by atoms with E-state index in [-0.39, 0.29) is 16.3 Å². The van der Waals surface area contributed by atoms with Crippen LogP contribution in [0.25, 0.3) is 0 Å². The van der Waals surface area contributed by atoms with E-state index in [1.165, 1.54) is 12.1 Å². The molecule has 0 bridgehead atoms. The predicted molar refractivity (Wildman–Crippen MR) is 79.1 cm³/mol. The normalized spacial score (nSPS) is 11.7. The number of amidine groups is 1. The van der Waals surface area contributed by atoms with Crippen molar-refractivity contribution in [1.82, 2.24) is 0 Å². The van der Waals surface area contributed by atoms with Gasteiger partial charge in [0.1, 0.15) is 11.0 Å². The molecule has 8 nitrogen and oxygen atoms in total. The first-order valence-corrected chi connectivity index (χ1v) is 7.28. The van der Waals surface area contributed by atoms with Crippen LogP contribution in [0.15, 0.2) is 28.2 Å². The highest BCUT2D eigenvalue weighted by Gasteiger charge is 2.14. The lowest BCUT2D eigenvalue weighted by atomic mass is 10.3. The number of benzene rings is 1. The minimum Gasteiger partial charge on any atom is -0.382 e. The molecule has 0 saturated heterocycles. The summed E-state index contributed by atoms with van der Waals surface area (Å²) < 4.78 is 23.5. The van der Waals surface area contributed by atoms with E-state index in [9.17, 15) is 8.42 Å². The largest absolute Gasteiger partial charge is 0.382 e. The number of hydrogen-bond donors (Lipinski definition) is 4. The maximum atomic E-state index is 11.4. The van der Waals surface area contributed by atoms with Crippen molar-refractivity contribution in [1.29, 1.82) is 10.7 Å². The molecule has 1 rings (SSSR count). The number of hydrazone groups is 1. The highest BCUT2D eigenvalue weighted by atomic mass is 127. The number of nitriles is 1. The number of rotatable bonds is 4. The zero-order valence-electron chi connectivity index (χ0n) is 9.38. The average molecular weight is 392 g/mol. The maximum Gasteiger partial charge on any atom is 0.240 e. The number of sulfonamides is 1. The number of nitrogens with zero attached hydrogens (tertiary/aromatic N) is 2. The lowest BCUT2D eigenvalue weighted by molar-refractivity contribution is 0.598. The van der Waals surface area contributed by atoms with Crippen molar-refractivity contribution >= 4 is 49.8 Å². The van der Waals surface area contributed by atoms with Gasteiger partial charge in [-0.05, 0) is 40.8 Å². The molecule has 1 aromatic carbocycles. The van der Waals surface area contributed by atoms with Crippen LogP contribution in [-0.4, -0.2) is 20.0 Å². The molecule has 0 aromatic heterocycles. The summed E-state index contributed by atoms with van der Waals surface area (Å²) in [6, 6.07) is 6.03. The van der Waals surface area contributed by atoms with Gasteiger partial charge in [-0.15, -0.1) is 0 Å². The van der Waals surface area contributed by atoms with Crippen LogP contribution < -0.4 is 16.3 Å². The standard InChI is InChI=1S/C9H9IN6O2S/c10-5-1-2-6(8(3-5)19(14,17)18)15-16-7(4-11)9(12)13/h1-3,15H,(H3,12,13)(H2,14,17,18)/b16-7+.